The quantitative estimate of drug-likeness (QED) is 0.757. The van der Waals surface area contributed by atoms with Gasteiger partial charge in [0.2, 0.25) is 10.0 Å². The first-order valence-electron chi connectivity index (χ1n) is 9.37. The van der Waals surface area contributed by atoms with Crippen LogP contribution in [-0.4, -0.2) is 32.9 Å². The van der Waals surface area contributed by atoms with Crippen LogP contribution in [-0.2, 0) is 10.0 Å². The van der Waals surface area contributed by atoms with Crippen molar-refractivity contribution in [2.24, 2.45) is 0 Å². The van der Waals surface area contributed by atoms with E-state index in [4.69, 9.17) is 4.74 Å². The number of ether oxygens (including phenoxy) is 1. The summed E-state index contributed by atoms with van der Waals surface area (Å²) in [6.45, 7) is 3.11. The Morgan fingerprint density at radius 1 is 1.04 bits per heavy atom. The molecule has 1 heterocycles. The van der Waals surface area contributed by atoms with Gasteiger partial charge >= 0.3 is 0 Å². The molecule has 4 nitrogen and oxygen atoms in total. The van der Waals surface area contributed by atoms with Gasteiger partial charge in [0.25, 0.3) is 0 Å². The molecule has 0 radical (unpaired) electrons. The lowest BCUT2D eigenvalue weighted by Gasteiger charge is -2.23. The molecule has 3 rings (SSSR count). The third-order valence-corrected chi connectivity index (χ3v) is 6.62. The zero-order valence-corrected chi connectivity index (χ0v) is 16.8. The summed E-state index contributed by atoms with van der Waals surface area (Å²) in [6, 6.07) is 15.8. The lowest BCUT2D eigenvalue weighted by molar-refractivity contribution is 0.408. The van der Waals surface area contributed by atoms with E-state index in [0.717, 1.165) is 36.1 Å². The fourth-order valence-corrected chi connectivity index (χ4v) is 4.69. The molecule has 0 amide bonds. The largest absolute Gasteiger partial charge is 0.497 e. The van der Waals surface area contributed by atoms with E-state index >= 15 is 0 Å². The Kier molecular flexibility index (Phi) is 6.34. The van der Waals surface area contributed by atoms with Crippen LogP contribution in [0.15, 0.2) is 53.9 Å². The predicted molar refractivity (Wildman–Crippen MR) is 110 cm³/mol. The number of methoxy groups -OCH3 is 1. The maximum absolute atomic E-state index is 12.9. The lowest BCUT2D eigenvalue weighted by atomic mass is 9.94. The Labute approximate surface area is 162 Å². The molecule has 2 aromatic carbocycles. The van der Waals surface area contributed by atoms with E-state index in [2.05, 4.69) is 0 Å². The van der Waals surface area contributed by atoms with Gasteiger partial charge in [-0.2, -0.15) is 4.31 Å². The van der Waals surface area contributed by atoms with Gasteiger partial charge in [-0.25, -0.2) is 8.42 Å². The molecule has 1 aliphatic rings. The topological polar surface area (TPSA) is 46.6 Å². The fourth-order valence-electron chi connectivity index (χ4n) is 3.41. The van der Waals surface area contributed by atoms with Crippen molar-refractivity contribution in [1.82, 2.24) is 4.31 Å². The minimum Gasteiger partial charge on any atom is -0.497 e. The number of hydrogen-bond donors (Lipinski definition) is 0. The van der Waals surface area contributed by atoms with Crippen molar-refractivity contribution < 1.29 is 13.2 Å². The van der Waals surface area contributed by atoms with Crippen LogP contribution in [0.5, 0.6) is 5.75 Å². The van der Waals surface area contributed by atoms with Gasteiger partial charge in [0, 0.05) is 18.5 Å². The van der Waals surface area contributed by atoms with Crippen molar-refractivity contribution in [2.45, 2.75) is 32.1 Å². The van der Waals surface area contributed by atoms with Crippen molar-refractivity contribution in [3.05, 3.63) is 70.6 Å². The second-order valence-corrected chi connectivity index (χ2v) is 8.90. The summed E-state index contributed by atoms with van der Waals surface area (Å²) in [5.74, 6) is 1.03. The van der Waals surface area contributed by atoms with Gasteiger partial charge in [-0.05, 0) is 55.0 Å². The molecule has 0 saturated carbocycles. The number of benzene rings is 2. The number of sulfonamides is 1. The summed E-state index contributed by atoms with van der Waals surface area (Å²) in [5.41, 5.74) is 3.22. The molecule has 1 unspecified atom stereocenters. The highest BCUT2D eigenvalue weighted by Crippen LogP contribution is 2.29. The highest BCUT2D eigenvalue weighted by Gasteiger charge is 2.26. The van der Waals surface area contributed by atoms with Gasteiger partial charge in [0.1, 0.15) is 5.75 Å². The van der Waals surface area contributed by atoms with Crippen molar-refractivity contribution in [2.75, 3.05) is 20.2 Å². The van der Waals surface area contributed by atoms with E-state index in [1.807, 2.05) is 55.5 Å². The van der Waals surface area contributed by atoms with Crippen molar-refractivity contribution in [3.63, 3.8) is 0 Å². The molecule has 1 atom stereocenters. The van der Waals surface area contributed by atoms with E-state index in [9.17, 15) is 8.42 Å². The zero-order chi connectivity index (χ0) is 19.3. The van der Waals surface area contributed by atoms with E-state index < -0.39 is 10.0 Å². The average molecular weight is 386 g/mol. The molecule has 1 aliphatic heterocycles. The van der Waals surface area contributed by atoms with Gasteiger partial charge < -0.3 is 4.74 Å². The molecule has 0 spiro atoms. The van der Waals surface area contributed by atoms with Crippen molar-refractivity contribution in [1.29, 1.82) is 0 Å². The van der Waals surface area contributed by atoms with Crippen LogP contribution in [0, 0.1) is 6.92 Å². The van der Waals surface area contributed by atoms with Crippen LogP contribution < -0.4 is 4.74 Å². The SMILES string of the molecule is COc1ccc(C2CCCCN(S(=O)(=O)/C=C/c3ccc(C)cc3)C2)cc1. The van der Waals surface area contributed by atoms with Gasteiger partial charge in [-0.15, -0.1) is 0 Å². The monoisotopic (exact) mass is 385 g/mol. The summed E-state index contributed by atoms with van der Waals surface area (Å²) in [6.07, 6.45) is 4.61. The van der Waals surface area contributed by atoms with E-state index in [-0.39, 0.29) is 5.92 Å². The Balaban J connectivity index is 1.75. The van der Waals surface area contributed by atoms with Crippen LogP contribution in [0.2, 0.25) is 0 Å². The normalized spacial score (nSPS) is 19.1. The Hall–Kier alpha value is -2.11. The molecular weight excluding hydrogens is 358 g/mol. The average Bonchev–Trinajstić information content (AvgIpc) is 2.95. The van der Waals surface area contributed by atoms with Crippen molar-refractivity contribution >= 4 is 16.1 Å². The van der Waals surface area contributed by atoms with Crippen LogP contribution in [0.4, 0.5) is 0 Å². The second-order valence-electron chi connectivity index (χ2n) is 7.08. The zero-order valence-electron chi connectivity index (χ0n) is 16.0. The Morgan fingerprint density at radius 2 is 1.74 bits per heavy atom. The molecule has 0 aromatic heterocycles. The summed E-state index contributed by atoms with van der Waals surface area (Å²) in [4.78, 5) is 0. The maximum Gasteiger partial charge on any atom is 0.236 e. The molecule has 5 heteroatoms. The van der Waals surface area contributed by atoms with Gasteiger partial charge in [0.15, 0.2) is 0 Å². The molecular formula is C22H27NO3S. The molecule has 0 bridgehead atoms. The molecule has 0 aliphatic carbocycles. The van der Waals surface area contributed by atoms with Crippen LogP contribution in [0.25, 0.3) is 6.08 Å². The smallest absolute Gasteiger partial charge is 0.236 e. The summed E-state index contributed by atoms with van der Waals surface area (Å²) in [7, 11) is -1.79. The lowest BCUT2D eigenvalue weighted by Crippen LogP contribution is -2.32. The predicted octanol–water partition coefficient (Wildman–Crippen LogP) is 4.57. The Bertz CT molecular complexity index is 871. The molecule has 1 fully saturated rings. The van der Waals surface area contributed by atoms with Crippen molar-refractivity contribution in [3.8, 4) is 5.75 Å². The van der Waals surface area contributed by atoms with E-state index in [0.29, 0.717) is 13.1 Å². The molecule has 2 aromatic rings. The first-order chi connectivity index (χ1) is 13.0. The minimum absolute atomic E-state index is 0.209. The molecule has 27 heavy (non-hydrogen) atoms. The van der Waals surface area contributed by atoms with Crippen LogP contribution in [0.1, 0.15) is 41.9 Å². The third-order valence-electron chi connectivity index (χ3n) is 5.09. The van der Waals surface area contributed by atoms with E-state index in [1.54, 1.807) is 17.5 Å². The number of rotatable bonds is 5. The van der Waals surface area contributed by atoms with Crippen LogP contribution in [0.3, 0.4) is 0 Å². The molecule has 144 valence electrons. The summed E-state index contributed by atoms with van der Waals surface area (Å²) >= 11 is 0. The van der Waals surface area contributed by atoms with Gasteiger partial charge in [-0.3, -0.25) is 0 Å². The number of nitrogens with zero attached hydrogens (tertiary/aromatic N) is 1. The molecule has 1 saturated heterocycles. The first-order valence-corrected chi connectivity index (χ1v) is 10.9. The highest BCUT2D eigenvalue weighted by atomic mass is 32.2. The number of aryl methyl sites for hydroxylation is 1. The van der Waals surface area contributed by atoms with E-state index in [1.165, 1.54) is 11.0 Å². The first kappa shape index (κ1) is 19.6. The number of hydrogen-bond acceptors (Lipinski definition) is 3. The van der Waals surface area contributed by atoms with Gasteiger partial charge in [0.05, 0.1) is 7.11 Å². The third kappa shape index (κ3) is 5.21. The highest BCUT2D eigenvalue weighted by molar-refractivity contribution is 7.92. The fraction of sp³-hybridized carbons (Fsp3) is 0.364. The summed E-state index contributed by atoms with van der Waals surface area (Å²) < 4.78 is 32.6. The maximum atomic E-state index is 12.9. The minimum atomic E-state index is -3.44. The Morgan fingerprint density at radius 3 is 2.41 bits per heavy atom. The summed E-state index contributed by atoms with van der Waals surface area (Å²) in [5, 5.41) is 1.34. The molecule has 0 N–H and O–H groups in total. The second kappa shape index (κ2) is 8.72. The van der Waals surface area contributed by atoms with Gasteiger partial charge in [-0.1, -0.05) is 48.4 Å². The van der Waals surface area contributed by atoms with Crippen LogP contribution >= 0.6 is 0 Å². The standard InChI is InChI=1S/C22H27NO3S/c1-18-6-8-19(9-7-18)14-16-27(24,25)23-15-4-3-5-21(17-23)20-10-12-22(26-2)13-11-20/h6-14,16,21H,3-5,15,17H2,1-2H3/b16-14+.